The molecular formula is C12H16ClIN2O. The number of benzene rings is 1. The molecule has 2 N–H and O–H groups in total. The molecule has 0 fully saturated rings. The topological polar surface area (TPSA) is 41.1 Å². The molecule has 5 heteroatoms. The monoisotopic (exact) mass is 366 g/mol. The van der Waals surface area contributed by atoms with Crippen LogP contribution in [0.4, 0.5) is 5.69 Å². The first-order valence-corrected chi connectivity index (χ1v) is 6.97. The first kappa shape index (κ1) is 14.7. The second kappa shape index (κ2) is 7.18. The van der Waals surface area contributed by atoms with Crippen LogP contribution >= 0.6 is 34.2 Å². The SMILES string of the molecule is CCNC(C)CC(=O)Nc1ccc(Cl)cc1I. The van der Waals surface area contributed by atoms with Crippen molar-refractivity contribution in [2.24, 2.45) is 0 Å². The molecule has 0 saturated carbocycles. The molecule has 0 saturated heterocycles. The van der Waals surface area contributed by atoms with Crippen molar-refractivity contribution < 1.29 is 4.79 Å². The Morgan fingerprint density at radius 2 is 2.24 bits per heavy atom. The summed E-state index contributed by atoms with van der Waals surface area (Å²) >= 11 is 8.01. The van der Waals surface area contributed by atoms with Gasteiger partial charge in [0.2, 0.25) is 5.91 Å². The number of anilines is 1. The van der Waals surface area contributed by atoms with Crippen LogP contribution in [0.1, 0.15) is 20.3 Å². The van der Waals surface area contributed by atoms with Crippen LogP contribution in [0.15, 0.2) is 18.2 Å². The third-order valence-corrected chi connectivity index (χ3v) is 3.38. The van der Waals surface area contributed by atoms with Gasteiger partial charge in [0, 0.05) is 21.1 Å². The van der Waals surface area contributed by atoms with Gasteiger partial charge in [0.15, 0.2) is 0 Å². The van der Waals surface area contributed by atoms with Gasteiger partial charge in [0.05, 0.1) is 5.69 Å². The summed E-state index contributed by atoms with van der Waals surface area (Å²) in [7, 11) is 0. The third kappa shape index (κ3) is 5.23. The molecule has 1 aromatic rings. The summed E-state index contributed by atoms with van der Waals surface area (Å²) in [5, 5.41) is 6.76. The van der Waals surface area contributed by atoms with E-state index < -0.39 is 0 Å². The van der Waals surface area contributed by atoms with Crippen molar-refractivity contribution in [3.05, 3.63) is 26.8 Å². The number of carbonyl (C=O) groups excluding carboxylic acids is 1. The van der Waals surface area contributed by atoms with Crippen LogP contribution in [0.5, 0.6) is 0 Å². The lowest BCUT2D eigenvalue weighted by Crippen LogP contribution is -2.30. The van der Waals surface area contributed by atoms with Gasteiger partial charge >= 0.3 is 0 Å². The van der Waals surface area contributed by atoms with Gasteiger partial charge in [-0.1, -0.05) is 18.5 Å². The van der Waals surface area contributed by atoms with Crippen LogP contribution in [0.3, 0.4) is 0 Å². The molecule has 3 nitrogen and oxygen atoms in total. The first-order valence-electron chi connectivity index (χ1n) is 5.51. The summed E-state index contributed by atoms with van der Waals surface area (Å²) in [6.45, 7) is 4.89. The van der Waals surface area contributed by atoms with Crippen molar-refractivity contribution in [1.29, 1.82) is 0 Å². The number of amides is 1. The van der Waals surface area contributed by atoms with E-state index in [-0.39, 0.29) is 11.9 Å². The Kier molecular flexibility index (Phi) is 6.22. The maximum absolute atomic E-state index is 11.7. The van der Waals surface area contributed by atoms with Crippen LogP contribution in [0, 0.1) is 3.57 Å². The molecular weight excluding hydrogens is 351 g/mol. The van der Waals surface area contributed by atoms with Crippen LogP contribution in [0.2, 0.25) is 5.02 Å². The molecule has 1 unspecified atom stereocenters. The summed E-state index contributed by atoms with van der Waals surface area (Å²) in [4.78, 5) is 11.7. The highest BCUT2D eigenvalue weighted by atomic mass is 127. The minimum absolute atomic E-state index is 0.0127. The number of hydrogen-bond donors (Lipinski definition) is 2. The largest absolute Gasteiger partial charge is 0.325 e. The fourth-order valence-corrected chi connectivity index (χ4v) is 2.50. The van der Waals surface area contributed by atoms with Gasteiger partial charge in [-0.05, 0) is 54.3 Å². The Bertz CT molecular complexity index is 398. The number of carbonyl (C=O) groups is 1. The van der Waals surface area contributed by atoms with Gasteiger partial charge in [-0.15, -0.1) is 0 Å². The highest BCUT2D eigenvalue weighted by Crippen LogP contribution is 2.22. The number of halogens is 2. The summed E-state index contributed by atoms with van der Waals surface area (Å²) in [6, 6.07) is 5.60. The minimum atomic E-state index is 0.0127. The lowest BCUT2D eigenvalue weighted by atomic mass is 10.2. The number of nitrogens with one attached hydrogen (secondary N) is 2. The zero-order valence-corrected chi connectivity index (χ0v) is 12.8. The fourth-order valence-electron chi connectivity index (χ4n) is 1.49. The molecule has 0 spiro atoms. The second-order valence-corrected chi connectivity index (χ2v) is 5.43. The lowest BCUT2D eigenvalue weighted by Gasteiger charge is -2.13. The summed E-state index contributed by atoms with van der Waals surface area (Å²) in [5.41, 5.74) is 0.809. The van der Waals surface area contributed by atoms with Crippen LogP contribution < -0.4 is 10.6 Å². The van der Waals surface area contributed by atoms with E-state index >= 15 is 0 Å². The lowest BCUT2D eigenvalue weighted by molar-refractivity contribution is -0.116. The molecule has 1 amide bonds. The van der Waals surface area contributed by atoms with E-state index in [4.69, 9.17) is 11.6 Å². The van der Waals surface area contributed by atoms with Crippen molar-refractivity contribution in [1.82, 2.24) is 5.32 Å². The predicted octanol–water partition coefficient (Wildman–Crippen LogP) is 3.27. The average molecular weight is 367 g/mol. The third-order valence-electron chi connectivity index (χ3n) is 2.25. The van der Waals surface area contributed by atoms with Crippen molar-refractivity contribution >= 4 is 45.8 Å². The van der Waals surface area contributed by atoms with Gasteiger partial charge in [-0.2, -0.15) is 0 Å². The molecule has 0 aliphatic heterocycles. The average Bonchev–Trinajstić information content (AvgIpc) is 2.22. The van der Waals surface area contributed by atoms with Crippen molar-refractivity contribution in [2.75, 3.05) is 11.9 Å². The van der Waals surface area contributed by atoms with E-state index in [0.29, 0.717) is 11.4 Å². The normalized spacial score (nSPS) is 12.2. The highest BCUT2D eigenvalue weighted by molar-refractivity contribution is 14.1. The quantitative estimate of drug-likeness (QED) is 0.785. The molecule has 0 aliphatic carbocycles. The molecule has 17 heavy (non-hydrogen) atoms. The molecule has 0 heterocycles. The summed E-state index contributed by atoms with van der Waals surface area (Å²) < 4.78 is 0.944. The van der Waals surface area contributed by atoms with E-state index in [1.807, 2.05) is 26.0 Å². The van der Waals surface area contributed by atoms with Crippen molar-refractivity contribution in [3.8, 4) is 0 Å². The standard InChI is InChI=1S/C12H16ClIN2O/c1-3-15-8(2)6-12(17)16-11-5-4-9(13)7-10(11)14/h4-5,7-8,15H,3,6H2,1-2H3,(H,16,17). The van der Waals surface area contributed by atoms with Gasteiger partial charge in [0.1, 0.15) is 0 Å². The summed E-state index contributed by atoms with van der Waals surface area (Å²) in [5.74, 6) is 0.0127. The number of rotatable bonds is 5. The van der Waals surface area contributed by atoms with Crippen molar-refractivity contribution in [3.63, 3.8) is 0 Å². The fraction of sp³-hybridized carbons (Fsp3) is 0.417. The zero-order chi connectivity index (χ0) is 12.8. The Morgan fingerprint density at radius 1 is 1.53 bits per heavy atom. The second-order valence-electron chi connectivity index (χ2n) is 3.84. The molecule has 1 atom stereocenters. The molecule has 0 radical (unpaired) electrons. The van der Waals surface area contributed by atoms with Crippen LogP contribution in [-0.2, 0) is 4.79 Å². The Morgan fingerprint density at radius 3 is 2.82 bits per heavy atom. The Hall–Kier alpha value is -0.330. The van der Waals surface area contributed by atoms with Crippen LogP contribution in [0.25, 0.3) is 0 Å². The van der Waals surface area contributed by atoms with Gasteiger partial charge in [-0.3, -0.25) is 4.79 Å². The summed E-state index contributed by atoms with van der Waals surface area (Å²) in [6.07, 6.45) is 0.465. The van der Waals surface area contributed by atoms with E-state index in [2.05, 4.69) is 33.2 Å². The van der Waals surface area contributed by atoms with Crippen molar-refractivity contribution in [2.45, 2.75) is 26.3 Å². The van der Waals surface area contributed by atoms with Gasteiger partial charge < -0.3 is 10.6 Å². The number of hydrogen-bond acceptors (Lipinski definition) is 2. The molecule has 1 aromatic carbocycles. The van der Waals surface area contributed by atoms with E-state index in [9.17, 15) is 4.79 Å². The van der Waals surface area contributed by atoms with E-state index in [1.165, 1.54) is 0 Å². The van der Waals surface area contributed by atoms with Gasteiger partial charge in [0.25, 0.3) is 0 Å². The minimum Gasteiger partial charge on any atom is -0.325 e. The molecule has 0 aromatic heterocycles. The maximum atomic E-state index is 11.7. The zero-order valence-electron chi connectivity index (χ0n) is 9.89. The van der Waals surface area contributed by atoms with Gasteiger partial charge in [-0.25, -0.2) is 0 Å². The Balaban J connectivity index is 2.56. The maximum Gasteiger partial charge on any atom is 0.225 e. The predicted molar refractivity (Wildman–Crippen MR) is 80.6 cm³/mol. The molecule has 94 valence electrons. The molecule has 0 bridgehead atoms. The highest BCUT2D eigenvalue weighted by Gasteiger charge is 2.09. The van der Waals surface area contributed by atoms with E-state index in [1.54, 1.807) is 6.07 Å². The molecule has 1 rings (SSSR count). The van der Waals surface area contributed by atoms with Crippen LogP contribution in [-0.4, -0.2) is 18.5 Å². The molecule has 0 aliphatic rings. The first-order chi connectivity index (χ1) is 8.02. The smallest absolute Gasteiger partial charge is 0.225 e. The van der Waals surface area contributed by atoms with E-state index in [0.717, 1.165) is 15.8 Å². The Labute approximate surface area is 120 Å².